The number of hydrogen-bond acceptors (Lipinski definition) is 5. The number of aliphatic hydroxyl groups excluding tert-OH is 1. The number of rotatable bonds is 4. The average Bonchev–Trinajstić information content (AvgIpc) is 3.36. The summed E-state index contributed by atoms with van der Waals surface area (Å²) in [5.74, 6) is -2.17. The number of halogens is 2. The van der Waals surface area contributed by atoms with Gasteiger partial charge in [0.1, 0.15) is 17.6 Å². The Labute approximate surface area is 192 Å². The van der Waals surface area contributed by atoms with E-state index in [1.165, 1.54) is 36.3 Å². The largest absolute Gasteiger partial charge is 0.507 e. The van der Waals surface area contributed by atoms with Crippen LogP contribution in [-0.2, 0) is 14.4 Å². The van der Waals surface area contributed by atoms with Gasteiger partial charge in [-0.2, -0.15) is 0 Å². The fourth-order valence-corrected chi connectivity index (χ4v) is 3.85. The molecule has 2 heterocycles. The minimum atomic E-state index is -1.04. The van der Waals surface area contributed by atoms with Gasteiger partial charge in [-0.1, -0.05) is 29.3 Å². The number of benzene rings is 2. The Balaban J connectivity index is 1.89. The van der Waals surface area contributed by atoms with Gasteiger partial charge in [-0.3, -0.25) is 19.3 Å². The molecule has 0 radical (unpaired) electrons. The molecule has 3 aromatic rings. The predicted molar refractivity (Wildman–Crippen MR) is 121 cm³/mol. The molecular weight excluding hydrogens is 455 g/mol. The van der Waals surface area contributed by atoms with Gasteiger partial charge in [0, 0.05) is 23.9 Å². The van der Waals surface area contributed by atoms with E-state index in [9.17, 15) is 19.5 Å². The number of carbonyl (C=O) groups is 3. The van der Waals surface area contributed by atoms with E-state index in [4.69, 9.17) is 27.6 Å². The molecule has 1 fully saturated rings. The molecule has 1 atom stereocenters. The highest BCUT2D eigenvalue weighted by molar-refractivity contribution is 6.51. The summed E-state index contributed by atoms with van der Waals surface area (Å²) in [7, 11) is 0. The number of ketones is 1. The van der Waals surface area contributed by atoms with Crippen LogP contribution in [0.4, 0.5) is 11.4 Å². The van der Waals surface area contributed by atoms with Crippen LogP contribution >= 0.6 is 23.2 Å². The Morgan fingerprint density at radius 2 is 1.84 bits per heavy atom. The SMILES string of the molecule is CC(=O)Nc1cccc(N2C(=O)C(=O)/C(=C(\O)c3ccc(Cl)c(Cl)c3)C2c2ccco2)c1. The molecular formula is C23H16Cl2N2O5. The summed E-state index contributed by atoms with van der Waals surface area (Å²) in [6, 6.07) is 13.0. The molecule has 1 aliphatic rings. The van der Waals surface area contributed by atoms with E-state index in [2.05, 4.69) is 5.32 Å². The van der Waals surface area contributed by atoms with Crippen molar-refractivity contribution < 1.29 is 23.9 Å². The Kier molecular flexibility index (Phi) is 5.78. The van der Waals surface area contributed by atoms with E-state index in [-0.39, 0.29) is 32.8 Å². The monoisotopic (exact) mass is 470 g/mol. The first-order chi connectivity index (χ1) is 15.3. The van der Waals surface area contributed by atoms with Crippen molar-refractivity contribution in [3.05, 3.63) is 87.8 Å². The lowest BCUT2D eigenvalue weighted by Gasteiger charge is -2.24. The number of anilines is 2. The lowest BCUT2D eigenvalue weighted by molar-refractivity contribution is -0.132. The van der Waals surface area contributed by atoms with Gasteiger partial charge in [-0.25, -0.2) is 0 Å². The molecule has 7 nitrogen and oxygen atoms in total. The summed E-state index contributed by atoms with van der Waals surface area (Å²) in [5.41, 5.74) is 0.849. The van der Waals surface area contributed by atoms with Gasteiger partial charge in [0.05, 0.1) is 21.9 Å². The van der Waals surface area contributed by atoms with E-state index >= 15 is 0 Å². The maximum atomic E-state index is 13.1. The summed E-state index contributed by atoms with van der Waals surface area (Å²) < 4.78 is 5.51. The topological polar surface area (TPSA) is 99.9 Å². The molecule has 2 amide bonds. The molecule has 32 heavy (non-hydrogen) atoms. The highest BCUT2D eigenvalue weighted by Gasteiger charge is 2.48. The Hall–Kier alpha value is -3.55. The number of aliphatic hydroxyl groups is 1. The molecule has 1 unspecified atom stereocenters. The molecule has 162 valence electrons. The molecule has 0 aliphatic carbocycles. The third kappa shape index (κ3) is 3.88. The molecule has 0 bridgehead atoms. The van der Waals surface area contributed by atoms with E-state index in [1.807, 2.05) is 0 Å². The van der Waals surface area contributed by atoms with Gasteiger partial charge in [-0.15, -0.1) is 0 Å². The molecule has 1 aromatic heterocycles. The van der Waals surface area contributed by atoms with Crippen LogP contribution in [0.5, 0.6) is 0 Å². The first-order valence-electron chi connectivity index (χ1n) is 9.45. The average molecular weight is 471 g/mol. The van der Waals surface area contributed by atoms with Crippen molar-refractivity contribution in [2.75, 3.05) is 10.2 Å². The third-order valence-electron chi connectivity index (χ3n) is 4.89. The first kappa shape index (κ1) is 21.7. The molecule has 0 spiro atoms. The van der Waals surface area contributed by atoms with Crippen molar-refractivity contribution in [1.82, 2.24) is 0 Å². The summed E-state index contributed by atoms with van der Waals surface area (Å²) in [4.78, 5) is 38.8. The quantitative estimate of drug-likeness (QED) is 0.311. The lowest BCUT2D eigenvalue weighted by Crippen LogP contribution is -2.29. The number of hydrogen-bond donors (Lipinski definition) is 2. The fraction of sp³-hybridized carbons (Fsp3) is 0.0870. The van der Waals surface area contributed by atoms with Gasteiger partial charge in [-0.05, 0) is 48.5 Å². The van der Waals surface area contributed by atoms with Gasteiger partial charge in [0.2, 0.25) is 5.91 Å². The zero-order valence-electron chi connectivity index (χ0n) is 16.6. The predicted octanol–water partition coefficient (Wildman–Crippen LogP) is 5.17. The van der Waals surface area contributed by atoms with Gasteiger partial charge >= 0.3 is 0 Å². The number of carbonyl (C=O) groups excluding carboxylic acids is 3. The Morgan fingerprint density at radius 1 is 1.06 bits per heavy atom. The summed E-state index contributed by atoms with van der Waals surface area (Å²) >= 11 is 12.0. The summed E-state index contributed by atoms with van der Waals surface area (Å²) in [6.45, 7) is 1.36. The van der Waals surface area contributed by atoms with Gasteiger partial charge < -0.3 is 14.8 Å². The van der Waals surface area contributed by atoms with Crippen molar-refractivity contribution in [2.45, 2.75) is 13.0 Å². The van der Waals surface area contributed by atoms with E-state index in [0.29, 0.717) is 11.4 Å². The number of Topliss-reactive ketones (excluding diaryl/α,β-unsaturated/α-hetero) is 1. The van der Waals surface area contributed by atoms with Gasteiger partial charge in [0.15, 0.2) is 0 Å². The highest BCUT2D eigenvalue weighted by atomic mass is 35.5. The Morgan fingerprint density at radius 3 is 2.50 bits per heavy atom. The summed E-state index contributed by atoms with van der Waals surface area (Å²) in [5, 5.41) is 14.1. The van der Waals surface area contributed by atoms with Crippen molar-refractivity contribution in [3.63, 3.8) is 0 Å². The molecule has 2 N–H and O–H groups in total. The molecule has 1 aliphatic heterocycles. The molecule has 2 aromatic carbocycles. The maximum absolute atomic E-state index is 13.1. The van der Waals surface area contributed by atoms with Crippen LogP contribution in [0.15, 0.2) is 70.9 Å². The minimum Gasteiger partial charge on any atom is -0.507 e. The second-order valence-electron chi connectivity index (χ2n) is 7.04. The Bertz CT molecular complexity index is 1270. The van der Waals surface area contributed by atoms with Crippen LogP contribution in [0.3, 0.4) is 0 Å². The highest BCUT2D eigenvalue weighted by Crippen LogP contribution is 2.43. The van der Waals surface area contributed by atoms with Crippen molar-refractivity contribution in [3.8, 4) is 0 Å². The van der Waals surface area contributed by atoms with Crippen molar-refractivity contribution >= 4 is 57.9 Å². The number of furan rings is 1. The summed E-state index contributed by atoms with van der Waals surface area (Å²) in [6.07, 6.45) is 1.41. The second-order valence-corrected chi connectivity index (χ2v) is 7.86. The minimum absolute atomic E-state index is 0.159. The fourth-order valence-electron chi connectivity index (χ4n) is 3.55. The molecule has 4 rings (SSSR count). The van der Waals surface area contributed by atoms with Crippen LogP contribution < -0.4 is 10.2 Å². The number of nitrogens with one attached hydrogen (secondary N) is 1. The smallest absolute Gasteiger partial charge is 0.300 e. The molecule has 1 saturated heterocycles. The second kappa shape index (κ2) is 8.53. The van der Waals surface area contributed by atoms with Crippen molar-refractivity contribution in [1.29, 1.82) is 0 Å². The number of nitrogens with zero attached hydrogens (tertiary/aromatic N) is 1. The van der Waals surface area contributed by atoms with Crippen LogP contribution in [0.1, 0.15) is 24.3 Å². The molecule has 0 saturated carbocycles. The van der Waals surface area contributed by atoms with Crippen LogP contribution in [0.25, 0.3) is 5.76 Å². The van der Waals surface area contributed by atoms with Crippen LogP contribution in [0.2, 0.25) is 10.0 Å². The van der Waals surface area contributed by atoms with Crippen LogP contribution in [-0.4, -0.2) is 22.7 Å². The van der Waals surface area contributed by atoms with Crippen LogP contribution in [0, 0.1) is 0 Å². The normalized spacial score (nSPS) is 17.6. The third-order valence-corrected chi connectivity index (χ3v) is 5.63. The van der Waals surface area contributed by atoms with E-state index in [0.717, 1.165) is 0 Å². The zero-order valence-corrected chi connectivity index (χ0v) is 18.1. The lowest BCUT2D eigenvalue weighted by atomic mass is 9.99. The number of amides is 2. The first-order valence-corrected chi connectivity index (χ1v) is 10.2. The standard InChI is InChI=1S/C23H16Cl2N2O5/c1-12(28)26-14-4-2-5-15(11-14)27-20(18-6-3-9-32-18)19(22(30)23(27)31)21(29)13-7-8-16(24)17(25)10-13/h2-11,20,29H,1H3,(H,26,28)/b21-19-. The van der Waals surface area contributed by atoms with E-state index < -0.39 is 23.5 Å². The maximum Gasteiger partial charge on any atom is 0.300 e. The van der Waals surface area contributed by atoms with Crippen molar-refractivity contribution in [2.24, 2.45) is 0 Å². The van der Waals surface area contributed by atoms with E-state index in [1.54, 1.807) is 36.4 Å². The van der Waals surface area contributed by atoms with Gasteiger partial charge in [0.25, 0.3) is 11.7 Å². The zero-order chi connectivity index (χ0) is 23.0. The molecule has 9 heteroatoms.